The number of nitrogens with zero attached hydrogens (tertiary/aromatic N) is 2. The zero-order chi connectivity index (χ0) is 17.9. The van der Waals surface area contributed by atoms with Crippen LogP contribution in [-0.4, -0.2) is 41.6 Å². The zero-order valence-electron chi connectivity index (χ0n) is 15.8. The Labute approximate surface area is 165 Å². The van der Waals surface area contributed by atoms with Crippen molar-refractivity contribution < 1.29 is 4.74 Å². The molecule has 6 atom stereocenters. The van der Waals surface area contributed by atoms with Gasteiger partial charge in [-0.2, -0.15) is 0 Å². The van der Waals surface area contributed by atoms with E-state index in [1.165, 1.54) is 41.6 Å². The summed E-state index contributed by atoms with van der Waals surface area (Å²) in [6, 6.07) is 9.09. The van der Waals surface area contributed by atoms with Crippen LogP contribution >= 0.6 is 15.9 Å². The van der Waals surface area contributed by atoms with Gasteiger partial charge >= 0.3 is 0 Å². The summed E-state index contributed by atoms with van der Waals surface area (Å²) in [5.41, 5.74) is 1.67. The minimum atomic E-state index is 0.164. The Morgan fingerprint density at radius 3 is 2.58 bits per heavy atom. The summed E-state index contributed by atoms with van der Waals surface area (Å²) in [5.74, 6) is 3.59. The molecule has 4 aliphatic rings. The van der Waals surface area contributed by atoms with E-state index in [-0.39, 0.29) is 5.54 Å². The van der Waals surface area contributed by atoms with Gasteiger partial charge in [-0.15, -0.1) is 0 Å². The summed E-state index contributed by atoms with van der Waals surface area (Å²) in [7, 11) is 0. The van der Waals surface area contributed by atoms with Crippen LogP contribution in [0, 0.1) is 11.8 Å². The summed E-state index contributed by atoms with van der Waals surface area (Å²) >= 11 is 3.60. The second-order valence-corrected chi connectivity index (χ2v) is 9.90. The van der Waals surface area contributed by atoms with E-state index >= 15 is 0 Å². The number of hydrogen-bond acceptors (Lipinski definition) is 3. The number of morpholine rings is 1. The van der Waals surface area contributed by atoms with Crippen molar-refractivity contribution in [1.29, 1.82) is 0 Å². The molecule has 2 saturated carbocycles. The van der Waals surface area contributed by atoms with E-state index in [0.29, 0.717) is 18.1 Å². The fourth-order valence-corrected chi connectivity index (χ4v) is 6.73. The lowest BCUT2D eigenvalue weighted by molar-refractivity contribution is -0.0484. The molecule has 5 rings (SSSR count). The normalized spacial score (nSPS) is 41.9. The molecule has 2 bridgehead atoms. The van der Waals surface area contributed by atoms with Crippen molar-refractivity contribution in [2.24, 2.45) is 16.8 Å². The fraction of sp³-hybridized carbons (Fsp3) is 0.682. The second kappa shape index (κ2) is 6.34. The molecular formula is C22H29BrN2O. The van der Waals surface area contributed by atoms with Crippen molar-refractivity contribution >= 4 is 21.8 Å². The van der Waals surface area contributed by atoms with Gasteiger partial charge in [-0.3, -0.25) is 4.99 Å². The van der Waals surface area contributed by atoms with Crippen LogP contribution in [0.3, 0.4) is 0 Å². The highest BCUT2D eigenvalue weighted by Crippen LogP contribution is 2.63. The van der Waals surface area contributed by atoms with Crippen molar-refractivity contribution in [3.63, 3.8) is 0 Å². The van der Waals surface area contributed by atoms with Gasteiger partial charge in [0.1, 0.15) is 0 Å². The molecule has 3 fully saturated rings. The molecule has 0 radical (unpaired) electrons. The average Bonchev–Trinajstić information content (AvgIpc) is 3.31. The van der Waals surface area contributed by atoms with Gasteiger partial charge in [0, 0.05) is 29.9 Å². The van der Waals surface area contributed by atoms with Crippen LogP contribution < -0.4 is 0 Å². The number of ether oxygens (including phenoxy) is 1. The number of halogens is 1. The van der Waals surface area contributed by atoms with E-state index in [0.717, 1.165) is 31.3 Å². The van der Waals surface area contributed by atoms with Crippen molar-refractivity contribution in [1.82, 2.24) is 4.90 Å². The number of aliphatic imine (C=N–C) groups is 1. The molecule has 2 aliphatic heterocycles. The molecule has 2 heterocycles. The van der Waals surface area contributed by atoms with E-state index in [9.17, 15) is 0 Å². The van der Waals surface area contributed by atoms with Gasteiger partial charge in [-0.1, -0.05) is 28.1 Å². The third kappa shape index (κ3) is 2.67. The molecule has 1 aromatic carbocycles. The zero-order valence-corrected chi connectivity index (χ0v) is 17.4. The highest BCUT2D eigenvalue weighted by atomic mass is 79.9. The first-order valence-electron chi connectivity index (χ1n) is 10.3. The summed E-state index contributed by atoms with van der Waals surface area (Å²) in [6.45, 7) is 6.37. The molecule has 1 spiro atoms. The Morgan fingerprint density at radius 2 is 1.85 bits per heavy atom. The third-order valence-electron chi connectivity index (χ3n) is 7.29. The number of hydrogen-bond donors (Lipinski definition) is 0. The molecule has 1 aromatic rings. The van der Waals surface area contributed by atoms with Gasteiger partial charge in [0.25, 0.3) is 0 Å². The summed E-state index contributed by atoms with van der Waals surface area (Å²) in [4.78, 5) is 8.08. The van der Waals surface area contributed by atoms with Crippen molar-refractivity contribution in [3.05, 3.63) is 34.3 Å². The minimum absolute atomic E-state index is 0.164. The van der Waals surface area contributed by atoms with Crippen LogP contribution in [-0.2, 0) is 4.74 Å². The maximum atomic E-state index is 5.94. The maximum absolute atomic E-state index is 5.94. The predicted molar refractivity (Wildman–Crippen MR) is 109 cm³/mol. The van der Waals surface area contributed by atoms with Gasteiger partial charge in [-0.25, -0.2) is 0 Å². The summed E-state index contributed by atoms with van der Waals surface area (Å²) in [5, 5.41) is 0. The number of rotatable bonds is 1. The Bertz CT molecular complexity index is 707. The largest absolute Gasteiger partial charge is 0.372 e. The molecule has 0 N–H and O–H groups in total. The van der Waals surface area contributed by atoms with E-state index in [1.54, 1.807) is 0 Å². The highest BCUT2D eigenvalue weighted by Gasteiger charge is 2.60. The van der Waals surface area contributed by atoms with E-state index < -0.39 is 0 Å². The van der Waals surface area contributed by atoms with Gasteiger partial charge < -0.3 is 9.64 Å². The van der Waals surface area contributed by atoms with Gasteiger partial charge in [0.15, 0.2) is 0 Å². The van der Waals surface area contributed by atoms with E-state index in [4.69, 9.17) is 9.73 Å². The first-order valence-corrected chi connectivity index (χ1v) is 11.1. The Hall–Kier alpha value is -0.870. The van der Waals surface area contributed by atoms with Crippen molar-refractivity contribution in [2.75, 3.05) is 13.1 Å². The number of amidine groups is 1. The molecule has 6 unspecified atom stereocenters. The smallest absolute Gasteiger partial charge is 0.0998 e. The summed E-state index contributed by atoms with van der Waals surface area (Å²) in [6.07, 6.45) is 7.15. The molecule has 26 heavy (non-hydrogen) atoms. The van der Waals surface area contributed by atoms with Crippen LogP contribution in [0.15, 0.2) is 33.7 Å². The molecule has 3 nitrogen and oxygen atoms in total. The quantitative estimate of drug-likeness (QED) is 0.642. The van der Waals surface area contributed by atoms with E-state index in [2.05, 4.69) is 58.9 Å². The van der Waals surface area contributed by atoms with Gasteiger partial charge in [0.05, 0.1) is 23.6 Å². The molecule has 0 amide bonds. The van der Waals surface area contributed by atoms with Crippen LogP contribution in [0.2, 0.25) is 0 Å². The Balaban J connectivity index is 1.48. The molecule has 4 heteroatoms. The maximum Gasteiger partial charge on any atom is 0.0998 e. The fourth-order valence-electron chi connectivity index (χ4n) is 6.47. The molecule has 140 valence electrons. The topological polar surface area (TPSA) is 24.8 Å². The lowest BCUT2D eigenvalue weighted by atomic mass is 9.69. The molecular weight excluding hydrogens is 388 g/mol. The van der Waals surface area contributed by atoms with Crippen LogP contribution in [0.5, 0.6) is 0 Å². The molecule has 1 saturated heterocycles. The van der Waals surface area contributed by atoms with Crippen molar-refractivity contribution in [2.45, 2.75) is 69.6 Å². The lowest BCUT2D eigenvalue weighted by Gasteiger charge is -2.40. The molecule has 2 aliphatic carbocycles. The SMILES string of the molecule is CC1CN(C2=NC3(CC2)C2CCC(C2)C3c2ccc(Br)cc2)CC(C)O1. The first-order chi connectivity index (χ1) is 12.5. The van der Waals surface area contributed by atoms with Crippen LogP contribution in [0.4, 0.5) is 0 Å². The monoisotopic (exact) mass is 416 g/mol. The minimum Gasteiger partial charge on any atom is -0.372 e. The Morgan fingerprint density at radius 1 is 1.12 bits per heavy atom. The second-order valence-electron chi connectivity index (χ2n) is 8.98. The predicted octanol–water partition coefficient (Wildman–Crippen LogP) is 5.00. The van der Waals surface area contributed by atoms with Crippen LogP contribution in [0.25, 0.3) is 0 Å². The standard InChI is InChI=1S/C22H29BrN2O/c1-14-12-25(13-15(2)26-14)20-9-10-22(24-20)18-6-3-17(11-18)21(22)16-4-7-19(23)8-5-16/h4-5,7-8,14-15,17-18,21H,3,6,9-13H2,1-2H3. The average molecular weight is 417 g/mol. The van der Waals surface area contributed by atoms with Crippen molar-refractivity contribution in [3.8, 4) is 0 Å². The highest BCUT2D eigenvalue weighted by molar-refractivity contribution is 9.10. The number of benzene rings is 1. The van der Waals surface area contributed by atoms with E-state index in [1.807, 2.05) is 0 Å². The third-order valence-corrected chi connectivity index (χ3v) is 7.82. The summed E-state index contributed by atoms with van der Waals surface area (Å²) < 4.78 is 7.11. The Kier molecular flexibility index (Phi) is 4.20. The lowest BCUT2D eigenvalue weighted by Crippen LogP contribution is -2.48. The van der Waals surface area contributed by atoms with Gasteiger partial charge in [-0.05, 0) is 69.1 Å². The number of fused-ring (bicyclic) bond motifs is 3. The van der Waals surface area contributed by atoms with Crippen LogP contribution in [0.1, 0.15) is 57.4 Å². The van der Waals surface area contributed by atoms with Gasteiger partial charge in [0.2, 0.25) is 0 Å². The molecule has 0 aromatic heterocycles. The first kappa shape index (κ1) is 17.2.